The molecule has 15 heavy (non-hydrogen) atoms. The van der Waals surface area contributed by atoms with Crippen LogP contribution in [0.15, 0.2) is 30.3 Å². The van der Waals surface area contributed by atoms with E-state index < -0.39 is 0 Å². The Kier molecular flexibility index (Phi) is 2.63. The van der Waals surface area contributed by atoms with Crippen LogP contribution >= 0.6 is 0 Å². The first-order valence-electron chi connectivity index (χ1n) is 4.71. The number of ether oxygens (including phenoxy) is 1. The molecule has 0 spiro atoms. The summed E-state index contributed by atoms with van der Waals surface area (Å²) in [5, 5.41) is 2.05. The fraction of sp³-hybridized carbons (Fsp3) is 0.167. The van der Waals surface area contributed by atoms with Crippen molar-refractivity contribution in [2.45, 2.75) is 6.42 Å². The number of aromatic nitrogens is 1. The van der Waals surface area contributed by atoms with Crippen molar-refractivity contribution in [1.29, 1.82) is 0 Å². The van der Waals surface area contributed by atoms with Crippen molar-refractivity contribution in [3.05, 3.63) is 36.0 Å². The van der Waals surface area contributed by atoms with Crippen molar-refractivity contribution in [1.82, 2.24) is 4.98 Å². The summed E-state index contributed by atoms with van der Waals surface area (Å²) in [5.41, 5.74) is 0.764. The van der Waals surface area contributed by atoms with E-state index in [1.54, 1.807) is 7.11 Å². The minimum Gasteiger partial charge on any atom is -0.481 e. The molecule has 0 aliphatic carbocycles. The quantitative estimate of drug-likeness (QED) is 0.713. The number of benzene rings is 1. The fourth-order valence-electron chi connectivity index (χ4n) is 1.58. The van der Waals surface area contributed by atoms with Crippen LogP contribution in [-0.4, -0.2) is 18.4 Å². The van der Waals surface area contributed by atoms with E-state index in [1.165, 1.54) is 0 Å². The fourth-order valence-corrected chi connectivity index (χ4v) is 1.58. The van der Waals surface area contributed by atoms with E-state index in [-0.39, 0.29) is 0 Å². The lowest BCUT2D eigenvalue weighted by Crippen LogP contribution is -1.96. The van der Waals surface area contributed by atoms with Gasteiger partial charge in [0.2, 0.25) is 5.88 Å². The first-order chi connectivity index (χ1) is 7.35. The molecule has 1 heterocycles. The number of pyridine rings is 1. The van der Waals surface area contributed by atoms with E-state index in [0.717, 1.165) is 22.8 Å². The van der Waals surface area contributed by atoms with E-state index in [4.69, 9.17) is 4.74 Å². The first-order valence-corrected chi connectivity index (χ1v) is 4.71. The predicted molar refractivity (Wildman–Crippen MR) is 58.1 cm³/mol. The number of nitrogens with zero attached hydrogens (tertiary/aromatic N) is 1. The van der Waals surface area contributed by atoms with Crippen LogP contribution in [0.3, 0.4) is 0 Å². The van der Waals surface area contributed by atoms with Gasteiger partial charge in [0, 0.05) is 17.9 Å². The maximum Gasteiger partial charge on any atom is 0.213 e. The molecule has 2 rings (SSSR count). The molecule has 3 nitrogen and oxygen atoms in total. The molecule has 0 fully saturated rings. The second kappa shape index (κ2) is 4.09. The molecule has 76 valence electrons. The Hall–Kier alpha value is -1.90. The van der Waals surface area contributed by atoms with Gasteiger partial charge >= 0.3 is 0 Å². The Labute approximate surface area is 87.7 Å². The highest BCUT2D eigenvalue weighted by Gasteiger charge is 2.04. The zero-order valence-corrected chi connectivity index (χ0v) is 8.43. The van der Waals surface area contributed by atoms with Crippen molar-refractivity contribution in [2.75, 3.05) is 7.11 Å². The number of hydrogen-bond acceptors (Lipinski definition) is 3. The SMILES string of the molecule is COc1cc2ccccc2c(CC=O)n1. The largest absolute Gasteiger partial charge is 0.481 e. The number of carbonyl (C=O) groups is 1. The Bertz CT molecular complexity index is 494. The van der Waals surface area contributed by atoms with E-state index >= 15 is 0 Å². The Balaban J connectivity index is 2.68. The standard InChI is InChI=1S/C12H11NO2/c1-15-12-8-9-4-2-3-5-10(9)11(13-12)6-7-14/h2-5,7-8H,6H2,1H3. The second-order valence-electron chi connectivity index (χ2n) is 3.20. The molecule has 1 aromatic carbocycles. The van der Waals surface area contributed by atoms with E-state index in [9.17, 15) is 4.79 Å². The average Bonchev–Trinajstić information content (AvgIpc) is 2.29. The third-order valence-corrected chi connectivity index (χ3v) is 2.28. The van der Waals surface area contributed by atoms with Crippen LogP contribution in [0.4, 0.5) is 0 Å². The van der Waals surface area contributed by atoms with Crippen molar-refractivity contribution >= 4 is 17.1 Å². The van der Waals surface area contributed by atoms with Crippen molar-refractivity contribution in [3.8, 4) is 5.88 Å². The smallest absolute Gasteiger partial charge is 0.213 e. The zero-order chi connectivity index (χ0) is 10.7. The monoisotopic (exact) mass is 201 g/mol. The number of fused-ring (bicyclic) bond motifs is 1. The Morgan fingerprint density at radius 2 is 2.20 bits per heavy atom. The number of carbonyl (C=O) groups excluding carboxylic acids is 1. The molecule has 0 amide bonds. The average molecular weight is 201 g/mol. The summed E-state index contributed by atoms with van der Waals surface area (Å²) < 4.78 is 5.08. The van der Waals surface area contributed by atoms with Gasteiger partial charge in [0.25, 0.3) is 0 Å². The van der Waals surface area contributed by atoms with Gasteiger partial charge in [-0.1, -0.05) is 24.3 Å². The number of hydrogen-bond donors (Lipinski definition) is 0. The molecule has 0 N–H and O–H groups in total. The highest BCUT2D eigenvalue weighted by Crippen LogP contribution is 2.21. The third kappa shape index (κ3) is 1.81. The van der Waals surface area contributed by atoms with Crippen LogP contribution in [0.25, 0.3) is 10.8 Å². The minimum absolute atomic E-state index is 0.317. The van der Waals surface area contributed by atoms with Crippen LogP contribution in [0.2, 0.25) is 0 Å². The molecule has 0 bridgehead atoms. The van der Waals surface area contributed by atoms with Crippen LogP contribution in [0.5, 0.6) is 5.88 Å². The molecular weight excluding hydrogens is 190 g/mol. The summed E-state index contributed by atoms with van der Waals surface area (Å²) in [5.74, 6) is 0.547. The Morgan fingerprint density at radius 3 is 2.93 bits per heavy atom. The molecular formula is C12H11NO2. The van der Waals surface area contributed by atoms with Crippen molar-refractivity contribution < 1.29 is 9.53 Å². The topological polar surface area (TPSA) is 39.2 Å². The third-order valence-electron chi connectivity index (χ3n) is 2.28. The summed E-state index contributed by atoms with van der Waals surface area (Å²) in [4.78, 5) is 14.8. The molecule has 0 saturated heterocycles. The molecule has 0 saturated carbocycles. The maximum atomic E-state index is 10.5. The van der Waals surface area contributed by atoms with Crippen molar-refractivity contribution in [3.63, 3.8) is 0 Å². The zero-order valence-electron chi connectivity index (χ0n) is 8.43. The van der Waals surface area contributed by atoms with E-state index in [2.05, 4.69) is 4.98 Å². The van der Waals surface area contributed by atoms with Crippen LogP contribution in [-0.2, 0) is 11.2 Å². The van der Waals surface area contributed by atoms with Crippen LogP contribution in [0.1, 0.15) is 5.69 Å². The second-order valence-corrected chi connectivity index (χ2v) is 3.20. The van der Waals surface area contributed by atoms with Gasteiger partial charge in [-0.2, -0.15) is 0 Å². The van der Waals surface area contributed by atoms with E-state index in [0.29, 0.717) is 12.3 Å². The molecule has 0 aliphatic rings. The van der Waals surface area contributed by atoms with Crippen molar-refractivity contribution in [2.24, 2.45) is 0 Å². The molecule has 0 unspecified atom stereocenters. The molecule has 1 aromatic heterocycles. The Morgan fingerprint density at radius 1 is 1.40 bits per heavy atom. The molecule has 0 radical (unpaired) electrons. The van der Waals surface area contributed by atoms with Crippen LogP contribution < -0.4 is 4.74 Å². The van der Waals surface area contributed by atoms with Gasteiger partial charge in [0.15, 0.2) is 0 Å². The van der Waals surface area contributed by atoms with Crippen LogP contribution in [0, 0.1) is 0 Å². The number of rotatable bonds is 3. The number of aldehydes is 1. The maximum absolute atomic E-state index is 10.5. The minimum atomic E-state index is 0.317. The summed E-state index contributed by atoms with van der Waals surface area (Å²) in [6, 6.07) is 9.69. The summed E-state index contributed by atoms with van der Waals surface area (Å²) >= 11 is 0. The molecule has 0 aliphatic heterocycles. The normalized spacial score (nSPS) is 10.2. The predicted octanol–water partition coefficient (Wildman–Crippen LogP) is 1.98. The van der Waals surface area contributed by atoms with E-state index in [1.807, 2.05) is 30.3 Å². The van der Waals surface area contributed by atoms with Gasteiger partial charge in [-0.25, -0.2) is 4.98 Å². The van der Waals surface area contributed by atoms with Gasteiger partial charge in [-0.3, -0.25) is 0 Å². The molecule has 2 aromatic rings. The summed E-state index contributed by atoms with van der Waals surface area (Å²) in [6.07, 6.45) is 1.17. The highest BCUT2D eigenvalue weighted by atomic mass is 16.5. The first kappa shape index (κ1) is 9.65. The summed E-state index contributed by atoms with van der Waals surface area (Å²) in [6.45, 7) is 0. The molecule has 3 heteroatoms. The molecule has 0 atom stereocenters. The van der Waals surface area contributed by atoms with Gasteiger partial charge in [0.1, 0.15) is 6.29 Å². The summed E-state index contributed by atoms with van der Waals surface area (Å²) in [7, 11) is 1.57. The highest BCUT2D eigenvalue weighted by molar-refractivity contribution is 5.86. The van der Waals surface area contributed by atoms with Gasteiger partial charge in [0.05, 0.1) is 12.8 Å². The van der Waals surface area contributed by atoms with Gasteiger partial charge < -0.3 is 9.53 Å². The lowest BCUT2D eigenvalue weighted by Gasteiger charge is -2.05. The van der Waals surface area contributed by atoms with Gasteiger partial charge in [-0.05, 0) is 5.39 Å². The lowest BCUT2D eigenvalue weighted by atomic mass is 10.1. The van der Waals surface area contributed by atoms with Gasteiger partial charge in [-0.15, -0.1) is 0 Å². The number of methoxy groups -OCH3 is 1. The lowest BCUT2D eigenvalue weighted by molar-refractivity contribution is -0.107.